The van der Waals surface area contributed by atoms with E-state index in [1.54, 1.807) is 7.11 Å². The lowest BCUT2D eigenvalue weighted by Gasteiger charge is -2.18. The number of ketones is 1. The van der Waals surface area contributed by atoms with Gasteiger partial charge in [-0.15, -0.1) is 0 Å². The topological polar surface area (TPSA) is 35.5 Å². The number of methoxy groups -OCH3 is 1. The zero-order valence-electron chi connectivity index (χ0n) is 11.1. The molecule has 2 rings (SSSR count). The maximum Gasteiger partial charge on any atom is 0.163 e. The average molecular weight is 248 g/mol. The Labute approximate surface area is 108 Å². The van der Waals surface area contributed by atoms with Crippen molar-refractivity contribution in [1.29, 1.82) is 0 Å². The molecule has 3 nitrogen and oxygen atoms in total. The second-order valence-corrected chi connectivity index (χ2v) is 4.81. The van der Waals surface area contributed by atoms with Gasteiger partial charge >= 0.3 is 0 Å². The third-order valence-corrected chi connectivity index (χ3v) is 3.29. The lowest BCUT2D eigenvalue weighted by atomic mass is 9.90. The molecule has 0 heterocycles. The second kappa shape index (κ2) is 6.01. The Morgan fingerprint density at radius 2 is 2.17 bits per heavy atom. The van der Waals surface area contributed by atoms with Crippen LogP contribution in [0.4, 0.5) is 0 Å². The number of hydrogen-bond donors (Lipinski definition) is 0. The van der Waals surface area contributed by atoms with Gasteiger partial charge in [0.1, 0.15) is 5.75 Å². The third kappa shape index (κ3) is 3.10. The molecule has 1 aliphatic carbocycles. The molecule has 0 saturated heterocycles. The molecule has 0 fully saturated rings. The Morgan fingerprint density at radius 3 is 2.94 bits per heavy atom. The van der Waals surface area contributed by atoms with E-state index in [1.165, 1.54) is 0 Å². The molecule has 0 aromatic heterocycles. The minimum absolute atomic E-state index is 0.127. The number of benzene rings is 1. The minimum Gasteiger partial charge on any atom is -0.491 e. The van der Waals surface area contributed by atoms with E-state index < -0.39 is 0 Å². The van der Waals surface area contributed by atoms with Crippen LogP contribution in [0.15, 0.2) is 18.2 Å². The molecule has 1 aliphatic rings. The van der Waals surface area contributed by atoms with E-state index in [0.717, 1.165) is 36.1 Å². The van der Waals surface area contributed by atoms with Gasteiger partial charge in [-0.25, -0.2) is 0 Å². The summed E-state index contributed by atoms with van der Waals surface area (Å²) in [4.78, 5) is 11.7. The summed E-state index contributed by atoms with van der Waals surface area (Å²) < 4.78 is 10.9. The Balaban J connectivity index is 2.04. The highest BCUT2D eigenvalue weighted by Gasteiger charge is 2.17. The monoisotopic (exact) mass is 248 g/mol. The summed E-state index contributed by atoms with van der Waals surface area (Å²) in [6.07, 6.45) is 3.60. The summed E-state index contributed by atoms with van der Waals surface area (Å²) in [5.41, 5.74) is 2.00. The molecule has 0 aliphatic heterocycles. The van der Waals surface area contributed by atoms with Gasteiger partial charge in [0, 0.05) is 32.1 Å². The summed E-state index contributed by atoms with van der Waals surface area (Å²) in [6.45, 7) is 2.73. The van der Waals surface area contributed by atoms with Crippen LogP contribution >= 0.6 is 0 Å². The number of carbonyl (C=O) groups excluding carboxylic acids is 1. The molecule has 0 radical (unpaired) electrons. The van der Waals surface area contributed by atoms with Crippen molar-refractivity contribution in [3.63, 3.8) is 0 Å². The lowest BCUT2D eigenvalue weighted by Crippen LogP contribution is -2.15. The van der Waals surface area contributed by atoms with Crippen LogP contribution in [0.5, 0.6) is 5.75 Å². The fraction of sp³-hybridized carbons (Fsp3) is 0.533. The maximum atomic E-state index is 11.7. The van der Waals surface area contributed by atoms with Crippen LogP contribution in [-0.4, -0.2) is 25.6 Å². The number of fused-ring (bicyclic) bond motifs is 1. The van der Waals surface area contributed by atoms with Crippen molar-refractivity contribution in [3.8, 4) is 5.75 Å². The predicted octanol–water partition coefficient (Wildman–Crippen LogP) is 3.01. The Morgan fingerprint density at radius 1 is 1.33 bits per heavy atom. The molecule has 98 valence electrons. The fourth-order valence-electron chi connectivity index (χ4n) is 2.27. The molecule has 0 amide bonds. The quantitative estimate of drug-likeness (QED) is 0.803. The molecule has 1 aromatic carbocycles. The number of carbonyl (C=O) groups is 1. The van der Waals surface area contributed by atoms with Gasteiger partial charge in [0.05, 0.1) is 6.10 Å². The maximum absolute atomic E-state index is 11.7. The van der Waals surface area contributed by atoms with E-state index in [-0.39, 0.29) is 11.9 Å². The van der Waals surface area contributed by atoms with Crippen LogP contribution < -0.4 is 4.74 Å². The molecular weight excluding hydrogens is 228 g/mol. The molecule has 18 heavy (non-hydrogen) atoms. The number of Topliss-reactive ketones (excluding diaryl/α,β-unsaturated/α-hetero) is 1. The molecule has 0 saturated carbocycles. The van der Waals surface area contributed by atoms with Gasteiger partial charge in [-0.1, -0.05) is 0 Å². The molecule has 0 bridgehead atoms. The van der Waals surface area contributed by atoms with Crippen molar-refractivity contribution in [2.24, 2.45) is 0 Å². The summed E-state index contributed by atoms with van der Waals surface area (Å²) in [7, 11) is 1.69. The largest absolute Gasteiger partial charge is 0.491 e. The van der Waals surface area contributed by atoms with Crippen LogP contribution in [0.2, 0.25) is 0 Å². The van der Waals surface area contributed by atoms with Gasteiger partial charge in [-0.05, 0) is 43.5 Å². The SMILES string of the molecule is COCCC(C)Oc1ccc2c(c1)CCCC2=O. The summed E-state index contributed by atoms with van der Waals surface area (Å²) in [6, 6.07) is 5.80. The number of aryl methyl sites for hydroxylation is 1. The van der Waals surface area contributed by atoms with Gasteiger partial charge in [-0.3, -0.25) is 4.79 Å². The molecule has 0 spiro atoms. The van der Waals surface area contributed by atoms with Crippen molar-refractivity contribution in [2.75, 3.05) is 13.7 Å². The van der Waals surface area contributed by atoms with Crippen LogP contribution in [0.25, 0.3) is 0 Å². The van der Waals surface area contributed by atoms with Crippen LogP contribution in [0.3, 0.4) is 0 Å². The van der Waals surface area contributed by atoms with Crippen molar-refractivity contribution >= 4 is 5.78 Å². The van der Waals surface area contributed by atoms with E-state index in [1.807, 2.05) is 25.1 Å². The highest BCUT2D eigenvalue weighted by atomic mass is 16.5. The summed E-state index contributed by atoms with van der Waals surface area (Å²) in [5, 5.41) is 0. The van der Waals surface area contributed by atoms with Gasteiger partial charge in [-0.2, -0.15) is 0 Å². The lowest BCUT2D eigenvalue weighted by molar-refractivity contribution is 0.0972. The van der Waals surface area contributed by atoms with Crippen molar-refractivity contribution in [3.05, 3.63) is 29.3 Å². The van der Waals surface area contributed by atoms with Gasteiger partial charge in [0.15, 0.2) is 5.78 Å². The zero-order valence-corrected chi connectivity index (χ0v) is 11.1. The predicted molar refractivity (Wildman–Crippen MR) is 70.3 cm³/mol. The van der Waals surface area contributed by atoms with Gasteiger partial charge in [0.25, 0.3) is 0 Å². The van der Waals surface area contributed by atoms with Gasteiger partial charge in [0.2, 0.25) is 0 Å². The smallest absolute Gasteiger partial charge is 0.163 e. The van der Waals surface area contributed by atoms with E-state index >= 15 is 0 Å². The summed E-state index contributed by atoms with van der Waals surface area (Å²) >= 11 is 0. The summed E-state index contributed by atoms with van der Waals surface area (Å²) in [5.74, 6) is 1.11. The number of ether oxygens (including phenoxy) is 2. The van der Waals surface area contributed by atoms with E-state index in [9.17, 15) is 4.79 Å². The fourth-order valence-corrected chi connectivity index (χ4v) is 2.27. The Kier molecular flexibility index (Phi) is 4.37. The molecule has 0 N–H and O–H groups in total. The van der Waals surface area contributed by atoms with Crippen molar-refractivity contribution in [2.45, 2.75) is 38.7 Å². The minimum atomic E-state index is 0.127. The Hall–Kier alpha value is -1.35. The van der Waals surface area contributed by atoms with Gasteiger partial charge < -0.3 is 9.47 Å². The highest BCUT2D eigenvalue weighted by molar-refractivity contribution is 5.98. The molecular formula is C15H20O3. The third-order valence-electron chi connectivity index (χ3n) is 3.29. The first-order chi connectivity index (χ1) is 8.70. The highest BCUT2D eigenvalue weighted by Crippen LogP contribution is 2.26. The van der Waals surface area contributed by atoms with Crippen molar-refractivity contribution < 1.29 is 14.3 Å². The van der Waals surface area contributed by atoms with E-state index in [0.29, 0.717) is 13.0 Å². The molecule has 1 aromatic rings. The number of rotatable bonds is 5. The normalized spacial score (nSPS) is 16.2. The second-order valence-electron chi connectivity index (χ2n) is 4.81. The van der Waals surface area contributed by atoms with Crippen LogP contribution in [0.1, 0.15) is 42.1 Å². The van der Waals surface area contributed by atoms with E-state index in [2.05, 4.69) is 0 Å². The first-order valence-corrected chi connectivity index (χ1v) is 6.52. The molecule has 1 atom stereocenters. The van der Waals surface area contributed by atoms with Crippen molar-refractivity contribution in [1.82, 2.24) is 0 Å². The number of hydrogen-bond acceptors (Lipinski definition) is 3. The molecule has 1 unspecified atom stereocenters. The first kappa shape index (κ1) is 13.1. The van der Waals surface area contributed by atoms with E-state index in [4.69, 9.17) is 9.47 Å². The Bertz CT molecular complexity index is 426. The molecule has 3 heteroatoms. The zero-order chi connectivity index (χ0) is 13.0. The van der Waals surface area contributed by atoms with Crippen LogP contribution in [-0.2, 0) is 11.2 Å². The average Bonchev–Trinajstić information content (AvgIpc) is 2.36. The standard InChI is InChI=1S/C15H20O3/c1-11(8-9-17-2)18-13-6-7-14-12(10-13)4-3-5-15(14)16/h6-7,10-11H,3-5,8-9H2,1-2H3. The van der Waals surface area contributed by atoms with Crippen LogP contribution in [0, 0.1) is 0 Å². The first-order valence-electron chi connectivity index (χ1n) is 6.52.